The van der Waals surface area contributed by atoms with Gasteiger partial charge in [-0.2, -0.15) is 0 Å². The normalized spacial score (nSPS) is 12.0. The Morgan fingerprint density at radius 1 is 1.00 bits per heavy atom. The van der Waals surface area contributed by atoms with E-state index in [2.05, 4.69) is 0 Å². The van der Waals surface area contributed by atoms with E-state index in [0.29, 0.717) is 13.0 Å². The lowest BCUT2D eigenvalue weighted by Crippen LogP contribution is -2.16. The summed E-state index contributed by atoms with van der Waals surface area (Å²) in [5, 5.41) is 9.50. The van der Waals surface area contributed by atoms with E-state index < -0.39 is 11.9 Å². The van der Waals surface area contributed by atoms with E-state index in [-0.39, 0.29) is 0 Å². The molecule has 3 heteroatoms. The number of rotatable bonds is 6. The average Bonchev–Trinajstić information content (AvgIpc) is 2.47. The molecule has 2 aromatic rings. The molecule has 0 bridgehead atoms. The molecule has 0 heterocycles. The first-order valence-electron chi connectivity index (χ1n) is 7.48. The van der Waals surface area contributed by atoms with E-state index in [4.69, 9.17) is 4.74 Å². The maximum absolute atomic E-state index is 11.6. The molecule has 1 atom stereocenters. The topological polar surface area (TPSA) is 46.5 Å². The highest BCUT2D eigenvalue weighted by atomic mass is 16.5. The second-order valence-corrected chi connectivity index (χ2v) is 5.61. The largest absolute Gasteiger partial charge is 0.493 e. The minimum absolute atomic E-state index is 0.386. The Bertz CT molecular complexity index is 641. The highest BCUT2D eigenvalue weighted by Gasteiger charge is 2.21. The molecule has 1 unspecified atom stereocenters. The Hall–Kier alpha value is -2.29. The second-order valence-electron chi connectivity index (χ2n) is 5.61. The van der Waals surface area contributed by atoms with Gasteiger partial charge in [-0.05, 0) is 49.4 Å². The number of hydrogen-bond acceptors (Lipinski definition) is 2. The summed E-state index contributed by atoms with van der Waals surface area (Å²) in [5.41, 5.74) is 4.01. The number of para-hydroxylation sites is 1. The molecule has 0 aliphatic rings. The van der Waals surface area contributed by atoms with Crippen LogP contribution in [0.4, 0.5) is 0 Å². The van der Waals surface area contributed by atoms with Gasteiger partial charge in [-0.15, -0.1) is 0 Å². The summed E-state index contributed by atoms with van der Waals surface area (Å²) in [6.07, 6.45) is 0.452. The monoisotopic (exact) mass is 298 g/mol. The number of hydrogen-bond donors (Lipinski definition) is 1. The summed E-state index contributed by atoms with van der Waals surface area (Å²) >= 11 is 0. The molecule has 0 spiro atoms. The zero-order valence-corrected chi connectivity index (χ0v) is 13.3. The number of aryl methyl sites for hydroxylation is 3. The smallest absolute Gasteiger partial charge is 0.311 e. The van der Waals surface area contributed by atoms with E-state index in [1.165, 1.54) is 0 Å². The van der Waals surface area contributed by atoms with E-state index >= 15 is 0 Å². The van der Waals surface area contributed by atoms with Crippen LogP contribution in [0, 0.1) is 20.8 Å². The lowest BCUT2D eigenvalue weighted by molar-refractivity contribution is -0.139. The van der Waals surface area contributed by atoms with Gasteiger partial charge in [0, 0.05) is 0 Å². The van der Waals surface area contributed by atoms with Crippen LogP contribution in [-0.4, -0.2) is 17.7 Å². The summed E-state index contributed by atoms with van der Waals surface area (Å²) in [6, 6.07) is 13.6. The third-order valence-electron chi connectivity index (χ3n) is 3.92. The van der Waals surface area contributed by atoms with Gasteiger partial charge >= 0.3 is 5.97 Å². The minimum Gasteiger partial charge on any atom is -0.493 e. The van der Waals surface area contributed by atoms with Gasteiger partial charge in [0.2, 0.25) is 0 Å². The van der Waals surface area contributed by atoms with Crippen LogP contribution in [0.3, 0.4) is 0 Å². The van der Waals surface area contributed by atoms with Gasteiger partial charge in [-0.3, -0.25) is 4.79 Å². The molecular weight excluding hydrogens is 276 g/mol. The summed E-state index contributed by atoms with van der Waals surface area (Å²) in [5.74, 6) is -0.485. The van der Waals surface area contributed by atoms with Crippen molar-refractivity contribution in [2.24, 2.45) is 0 Å². The Balaban J connectivity index is 2.08. The number of carboxylic acids is 1. The third kappa shape index (κ3) is 3.67. The van der Waals surface area contributed by atoms with Gasteiger partial charge in [-0.1, -0.05) is 42.5 Å². The minimum atomic E-state index is -0.806. The highest BCUT2D eigenvalue weighted by molar-refractivity contribution is 5.76. The van der Waals surface area contributed by atoms with Crippen molar-refractivity contribution in [1.82, 2.24) is 0 Å². The predicted octanol–water partition coefficient (Wildman–Crippen LogP) is 4.25. The second kappa shape index (κ2) is 7.12. The molecule has 1 N–H and O–H groups in total. The van der Waals surface area contributed by atoms with Gasteiger partial charge in [0.15, 0.2) is 0 Å². The summed E-state index contributed by atoms with van der Waals surface area (Å²) < 4.78 is 5.85. The SMILES string of the molecule is Cc1ccccc1C(CCOc1c(C)cccc1C)C(=O)O. The van der Waals surface area contributed by atoms with E-state index in [9.17, 15) is 9.90 Å². The Morgan fingerprint density at radius 2 is 1.59 bits per heavy atom. The van der Waals surface area contributed by atoms with Crippen LogP contribution >= 0.6 is 0 Å². The summed E-state index contributed by atoms with van der Waals surface area (Å²) in [4.78, 5) is 11.6. The predicted molar refractivity (Wildman–Crippen MR) is 87.6 cm³/mol. The zero-order valence-electron chi connectivity index (χ0n) is 13.3. The van der Waals surface area contributed by atoms with Crippen molar-refractivity contribution < 1.29 is 14.6 Å². The maximum Gasteiger partial charge on any atom is 0.311 e. The molecule has 0 radical (unpaired) electrons. The fraction of sp³-hybridized carbons (Fsp3) is 0.316. The van der Waals surface area contributed by atoms with E-state index in [1.807, 2.05) is 63.2 Å². The molecule has 116 valence electrons. The van der Waals surface area contributed by atoms with Gasteiger partial charge in [-0.25, -0.2) is 0 Å². The molecule has 0 aromatic heterocycles. The van der Waals surface area contributed by atoms with Crippen molar-refractivity contribution >= 4 is 5.97 Å². The number of aliphatic carboxylic acids is 1. The highest BCUT2D eigenvalue weighted by Crippen LogP contribution is 2.26. The van der Waals surface area contributed by atoms with Gasteiger partial charge in [0.1, 0.15) is 5.75 Å². The van der Waals surface area contributed by atoms with Crippen LogP contribution in [-0.2, 0) is 4.79 Å². The van der Waals surface area contributed by atoms with E-state index in [0.717, 1.165) is 28.0 Å². The van der Waals surface area contributed by atoms with Gasteiger partial charge < -0.3 is 9.84 Å². The van der Waals surface area contributed by atoms with Crippen LogP contribution in [0.5, 0.6) is 5.75 Å². The Labute approximate surface area is 131 Å². The van der Waals surface area contributed by atoms with Crippen LogP contribution in [0.1, 0.15) is 34.6 Å². The lowest BCUT2D eigenvalue weighted by atomic mass is 9.92. The van der Waals surface area contributed by atoms with Crippen LogP contribution in [0.25, 0.3) is 0 Å². The van der Waals surface area contributed by atoms with Crippen LogP contribution < -0.4 is 4.74 Å². The molecule has 22 heavy (non-hydrogen) atoms. The van der Waals surface area contributed by atoms with Crippen LogP contribution in [0.2, 0.25) is 0 Å². The molecule has 2 aromatic carbocycles. The molecule has 2 rings (SSSR count). The van der Waals surface area contributed by atoms with Gasteiger partial charge in [0.25, 0.3) is 0 Å². The molecule has 0 fully saturated rings. The first-order valence-corrected chi connectivity index (χ1v) is 7.48. The van der Waals surface area contributed by atoms with Crippen molar-refractivity contribution in [2.45, 2.75) is 33.1 Å². The van der Waals surface area contributed by atoms with Crippen molar-refractivity contribution in [3.63, 3.8) is 0 Å². The van der Waals surface area contributed by atoms with Crippen molar-refractivity contribution in [1.29, 1.82) is 0 Å². The number of carboxylic acid groups (broad SMARTS) is 1. The first kappa shape index (κ1) is 16.1. The molecule has 3 nitrogen and oxygen atoms in total. The quantitative estimate of drug-likeness (QED) is 0.867. The van der Waals surface area contributed by atoms with Gasteiger partial charge in [0.05, 0.1) is 12.5 Å². The van der Waals surface area contributed by atoms with Crippen molar-refractivity contribution in [2.75, 3.05) is 6.61 Å². The molecular formula is C19H22O3. The van der Waals surface area contributed by atoms with Crippen LogP contribution in [0.15, 0.2) is 42.5 Å². The molecule has 0 aliphatic heterocycles. The first-order chi connectivity index (χ1) is 10.5. The fourth-order valence-corrected chi connectivity index (χ4v) is 2.70. The molecule has 0 saturated carbocycles. The maximum atomic E-state index is 11.6. The standard InChI is InChI=1S/C19H22O3/c1-13-7-4-5-10-16(13)17(19(20)21)11-12-22-18-14(2)8-6-9-15(18)3/h4-10,17H,11-12H2,1-3H3,(H,20,21). The summed E-state index contributed by atoms with van der Waals surface area (Å²) in [6.45, 7) is 6.32. The number of carbonyl (C=O) groups is 1. The number of ether oxygens (including phenoxy) is 1. The van der Waals surface area contributed by atoms with E-state index in [1.54, 1.807) is 0 Å². The third-order valence-corrected chi connectivity index (χ3v) is 3.92. The Morgan fingerprint density at radius 3 is 2.18 bits per heavy atom. The molecule has 0 aliphatic carbocycles. The Kier molecular flexibility index (Phi) is 5.21. The number of benzene rings is 2. The lowest BCUT2D eigenvalue weighted by Gasteiger charge is -2.17. The van der Waals surface area contributed by atoms with Crippen molar-refractivity contribution in [3.05, 3.63) is 64.7 Å². The molecule has 0 saturated heterocycles. The fourth-order valence-electron chi connectivity index (χ4n) is 2.70. The summed E-state index contributed by atoms with van der Waals surface area (Å²) in [7, 11) is 0. The average molecular weight is 298 g/mol. The molecule has 0 amide bonds. The van der Waals surface area contributed by atoms with Crippen molar-refractivity contribution in [3.8, 4) is 5.75 Å². The zero-order chi connectivity index (χ0) is 16.1.